The molecule has 0 saturated heterocycles. The molecule has 2 rings (SSSR count). The zero-order valence-corrected chi connectivity index (χ0v) is 14.4. The molecule has 0 unspecified atom stereocenters. The number of imide groups is 1. The third-order valence-corrected chi connectivity index (χ3v) is 3.87. The van der Waals surface area contributed by atoms with Gasteiger partial charge in [-0.1, -0.05) is 0 Å². The van der Waals surface area contributed by atoms with E-state index in [0.717, 1.165) is 11.1 Å². The first kappa shape index (κ1) is 19.8. The third-order valence-electron chi connectivity index (χ3n) is 3.87. The monoisotopic (exact) mass is 375 g/mol. The fraction of sp³-hybridized carbons (Fsp3) is 0.500. The number of rotatable bonds is 5. The largest absolute Gasteiger partial charge is 0.493 e. The number of amides is 3. The van der Waals surface area contributed by atoms with Crippen molar-refractivity contribution >= 4 is 11.9 Å². The van der Waals surface area contributed by atoms with Crippen LogP contribution in [0.25, 0.3) is 0 Å². The smallest absolute Gasteiger partial charge is 0.405 e. The summed E-state index contributed by atoms with van der Waals surface area (Å²) < 4.78 is 46.6. The maximum atomic E-state index is 12.0. The SMILES string of the molecule is COc1cc2c(cc1OC)CN(CC(=O)NC(=O)NCC(F)(F)F)CC2. The van der Waals surface area contributed by atoms with Gasteiger partial charge in [0.25, 0.3) is 0 Å². The summed E-state index contributed by atoms with van der Waals surface area (Å²) >= 11 is 0. The summed E-state index contributed by atoms with van der Waals surface area (Å²) in [6.45, 7) is -0.578. The van der Waals surface area contributed by atoms with Crippen molar-refractivity contribution in [1.82, 2.24) is 15.5 Å². The van der Waals surface area contributed by atoms with Gasteiger partial charge in [0.15, 0.2) is 11.5 Å². The number of hydrogen-bond donors (Lipinski definition) is 2. The first-order valence-corrected chi connectivity index (χ1v) is 7.82. The van der Waals surface area contributed by atoms with Gasteiger partial charge in [-0.05, 0) is 29.7 Å². The molecule has 1 aromatic rings. The van der Waals surface area contributed by atoms with Crippen LogP contribution in [0.3, 0.4) is 0 Å². The first-order chi connectivity index (χ1) is 12.2. The van der Waals surface area contributed by atoms with E-state index in [2.05, 4.69) is 0 Å². The molecule has 1 heterocycles. The highest BCUT2D eigenvalue weighted by Gasteiger charge is 2.28. The predicted octanol–water partition coefficient (Wildman–Crippen LogP) is 1.45. The topological polar surface area (TPSA) is 79.9 Å². The van der Waals surface area contributed by atoms with Crippen LogP contribution in [0.2, 0.25) is 0 Å². The zero-order chi connectivity index (χ0) is 19.3. The van der Waals surface area contributed by atoms with Crippen molar-refractivity contribution in [1.29, 1.82) is 0 Å². The third kappa shape index (κ3) is 5.51. The number of fused-ring (bicyclic) bond motifs is 1. The molecule has 3 amide bonds. The Labute approximate surface area is 148 Å². The number of nitrogens with one attached hydrogen (secondary N) is 2. The number of nitrogens with zero attached hydrogens (tertiary/aromatic N) is 1. The summed E-state index contributed by atoms with van der Waals surface area (Å²) in [5, 5.41) is 3.48. The van der Waals surface area contributed by atoms with Gasteiger partial charge in [0.1, 0.15) is 6.54 Å². The van der Waals surface area contributed by atoms with E-state index in [1.54, 1.807) is 17.3 Å². The number of ether oxygens (including phenoxy) is 2. The summed E-state index contributed by atoms with van der Waals surface area (Å²) in [5.74, 6) is 0.524. The summed E-state index contributed by atoms with van der Waals surface area (Å²) in [6.07, 6.45) is -3.86. The van der Waals surface area contributed by atoms with Crippen LogP contribution in [0.1, 0.15) is 11.1 Å². The fourth-order valence-electron chi connectivity index (χ4n) is 2.67. The van der Waals surface area contributed by atoms with Gasteiger partial charge < -0.3 is 14.8 Å². The van der Waals surface area contributed by atoms with Gasteiger partial charge in [-0.15, -0.1) is 0 Å². The first-order valence-electron chi connectivity index (χ1n) is 7.82. The second-order valence-electron chi connectivity index (χ2n) is 5.78. The Morgan fingerprint density at radius 1 is 1.15 bits per heavy atom. The Morgan fingerprint density at radius 3 is 2.35 bits per heavy atom. The van der Waals surface area contributed by atoms with Crippen LogP contribution >= 0.6 is 0 Å². The summed E-state index contributed by atoms with van der Waals surface area (Å²) in [5.41, 5.74) is 2.03. The standard InChI is InChI=1S/C16H20F3N3O4/c1-25-12-5-10-3-4-22(7-11(10)6-13(12)26-2)8-14(23)21-15(24)20-9-16(17,18)19/h5-6H,3-4,7-9H2,1-2H3,(H2,20,21,23,24). The van der Waals surface area contributed by atoms with Crippen molar-refractivity contribution in [3.8, 4) is 11.5 Å². The minimum absolute atomic E-state index is 0.104. The lowest BCUT2D eigenvalue weighted by Crippen LogP contribution is -2.47. The van der Waals surface area contributed by atoms with Crippen molar-refractivity contribution < 1.29 is 32.2 Å². The van der Waals surface area contributed by atoms with E-state index in [9.17, 15) is 22.8 Å². The molecule has 0 spiro atoms. The Morgan fingerprint density at radius 2 is 1.77 bits per heavy atom. The number of methoxy groups -OCH3 is 2. The molecule has 2 N–H and O–H groups in total. The van der Waals surface area contributed by atoms with Gasteiger partial charge in [-0.25, -0.2) is 4.79 Å². The highest BCUT2D eigenvalue weighted by Crippen LogP contribution is 2.33. The van der Waals surface area contributed by atoms with Crippen LogP contribution in [0.4, 0.5) is 18.0 Å². The van der Waals surface area contributed by atoms with Gasteiger partial charge in [0.2, 0.25) is 5.91 Å². The molecule has 0 aliphatic carbocycles. The summed E-state index contributed by atoms with van der Waals surface area (Å²) in [4.78, 5) is 24.9. The second kappa shape index (κ2) is 8.26. The average Bonchev–Trinajstić information content (AvgIpc) is 2.58. The van der Waals surface area contributed by atoms with E-state index in [1.807, 2.05) is 17.4 Å². The Hall–Kier alpha value is -2.49. The maximum Gasteiger partial charge on any atom is 0.405 e. The van der Waals surface area contributed by atoms with E-state index in [0.29, 0.717) is 31.0 Å². The molecular formula is C16H20F3N3O4. The minimum atomic E-state index is -4.53. The molecule has 0 fully saturated rings. The Bertz CT molecular complexity index is 679. The van der Waals surface area contributed by atoms with Crippen LogP contribution in [-0.2, 0) is 17.8 Å². The lowest BCUT2D eigenvalue weighted by atomic mass is 9.99. The van der Waals surface area contributed by atoms with E-state index in [-0.39, 0.29) is 6.54 Å². The molecule has 0 atom stereocenters. The molecular weight excluding hydrogens is 355 g/mol. The number of carbonyl (C=O) groups excluding carboxylic acids is 2. The van der Waals surface area contributed by atoms with Crippen LogP contribution in [0.5, 0.6) is 11.5 Å². The van der Waals surface area contributed by atoms with Crippen LogP contribution < -0.4 is 20.1 Å². The number of urea groups is 1. The summed E-state index contributed by atoms with van der Waals surface area (Å²) in [7, 11) is 3.07. The van der Waals surface area contributed by atoms with Crippen molar-refractivity contribution in [2.24, 2.45) is 0 Å². The Kier molecular flexibility index (Phi) is 6.30. The molecule has 0 radical (unpaired) electrons. The highest BCUT2D eigenvalue weighted by molar-refractivity contribution is 5.95. The van der Waals surface area contributed by atoms with Gasteiger partial charge in [-0.3, -0.25) is 15.0 Å². The van der Waals surface area contributed by atoms with Crippen molar-refractivity contribution in [3.05, 3.63) is 23.3 Å². The average molecular weight is 375 g/mol. The molecule has 0 aromatic heterocycles. The van der Waals surface area contributed by atoms with Crippen LogP contribution in [0, 0.1) is 0 Å². The molecule has 0 bridgehead atoms. The lowest BCUT2D eigenvalue weighted by Gasteiger charge is -2.28. The molecule has 26 heavy (non-hydrogen) atoms. The van der Waals surface area contributed by atoms with Crippen LogP contribution in [-0.4, -0.2) is 56.9 Å². The van der Waals surface area contributed by atoms with Gasteiger partial charge in [0.05, 0.1) is 20.8 Å². The molecule has 10 heteroatoms. The highest BCUT2D eigenvalue weighted by atomic mass is 19.4. The maximum absolute atomic E-state index is 12.0. The molecule has 1 aliphatic heterocycles. The number of carbonyl (C=O) groups is 2. The lowest BCUT2D eigenvalue weighted by molar-refractivity contribution is -0.125. The normalized spacial score (nSPS) is 14.3. The van der Waals surface area contributed by atoms with E-state index >= 15 is 0 Å². The fourth-order valence-corrected chi connectivity index (χ4v) is 2.67. The van der Waals surface area contributed by atoms with E-state index in [4.69, 9.17) is 9.47 Å². The van der Waals surface area contributed by atoms with Crippen molar-refractivity contribution in [2.45, 2.75) is 19.1 Å². The molecule has 0 saturated carbocycles. The van der Waals surface area contributed by atoms with E-state index < -0.39 is 24.7 Å². The van der Waals surface area contributed by atoms with Gasteiger partial charge in [0, 0.05) is 13.1 Å². The number of halogens is 3. The molecule has 1 aromatic carbocycles. The zero-order valence-electron chi connectivity index (χ0n) is 14.4. The second-order valence-corrected chi connectivity index (χ2v) is 5.78. The number of alkyl halides is 3. The van der Waals surface area contributed by atoms with Crippen molar-refractivity contribution in [3.63, 3.8) is 0 Å². The quantitative estimate of drug-likeness (QED) is 0.814. The number of benzene rings is 1. The van der Waals surface area contributed by atoms with Crippen molar-refractivity contribution in [2.75, 3.05) is 33.9 Å². The summed E-state index contributed by atoms with van der Waals surface area (Å²) in [6, 6.07) is 2.54. The Balaban J connectivity index is 1.90. The van der Waals surface area contributed by atoms with Gasteiger partial charge in [-0.2, -0.15) is 13.2 Å². The van der Waals surface area contributed by atoms with E-state index in [1.165, 1.54) is 7.11 Å². The molecule has 144 valence electrons. The predicted molar refractivity (Wildman–Crippen MR) is 86.1 cm³/mol. The van der Waals surface area contributed by atoms with Gasteiger partial charge >= 0.3 is 12.2 Å². The molecule has 1 aliphatic rings. The number of hydrogen-bond acceptors (Lipinski definition) is 5. The minimum Gasteiger partial charge on any atom is -0.493 e. The molecule has 7 nitrogen and oxygen atoms in total. The van der Waals surface area contributed by atoms with Crippen LogP contribution in [0.15, 0.2) is 12.1 Å².